The van der Waals surface area contributed by atoms with Crippen LogP contribution in [0.25, 0.3) is 0 Å². The second kappa shape index (κ2) is 5.25. The first-order valence-electron chi connectivity index (χ1n) is 4.24. The van der Waals surface area contributed by atoms with E-state index < -0.39 is 45.3 Å². The van der Waals surface area contributed by atoms with E-state index in [2.05, 4.69) is 4.74 Å². The zero-order valence-corrected chi connectivity index (χ0v) is 10.1. The maximum absolute atomic E-state index is 12.2. The molecule has 0 saturated carbocycles. The normalized spacial score (nSPS) is 23.2. The van der Waals surface area contributed by atoms with Crippen LogP contribution >= 0.6 is 0 Å². The van der Waals surface area contributed by atoms with Crippen molar-refractivity contribution in [2.24, 2.45) is 0 Å². The standard InChI is InChI=1S/C5F6O3.CHF3O3S/c6-3(7)1(12)14-2(13)4(8,9)5(3,10)11;2-1(3,4)8(5,6)7/h;(H,5,6,7). The van der Waals surface area contributed by atoms with Gasteiger partial charge in [0.15, 0.2) is 0 Å². The maximum atomic E-state index is 12.2. The summed E-state index contributed by atoms with van der Waals surface area (Å²) in [4.78, 5) is 20.0. The van der Waals surface area contributed by atoms with Crippen LogP contribution in [0, 0.1) is 0 Å². The van der Waals surface area contributed by atoms with Crippen LogP contribution in [-0.4, -0.2) is 48.2 Å². The minimum atomic E-state index is -6.08. The second-order valence-electron chi connectivity index (χ2n) is 3.32. The molecular weight excluding hydrogens is 371 g/mol. The summed E-state index contributed by atoms with van der Waals surface area (Å²) in [5, 5.41) is 0. The largest absolute Gasteiger partial charge is 0.522 e. The number of rotatable bonds is 0. The number of carbonyl (C=O) groups is 2. The Hall–Kier alpha value is -1.58. The van der Waals surface area contributed by atoms with E-state index in [-0.39, 0.29) is 0 Å². The van der Waals surface area contributed by atoms with Gasteiger partial charge in [-0.15, -0.1) is 0 Å². The highest BCUT2D eigenvalue weighted by molar-refractivity contribution is 7.86. The third-order valence-electron chi connectivity index (χ3n) is 1.78. The average Bonchev–Trinajstić information content (AvgIpc) is 2.24. The van der Waals surface area contributed by atoms with E-state index in [0.717, 1.165) is 0 Å². The lowest BCUT2D eigenvalue weighted by Gasteiger charge is -2.33. The molecule has 1 rings (SSSR count). The number of esters is 2. The molecule has 0 aromatic carbocycles. The summed E-state index contributed by atoms with van der Waals surface area (Å²) >= 11 is 0. The first-order chi connectivity index (χ1) is 9.30. The predicted molar refractivity (Wildman–Crippen MR) is 43.5 cm³/mol. The monoisotopic (exact) mass is 372 g/mol. The molecule has 0 atom stereocenters. The molecule has 0 radical (unpaired) electrons. The molecule has 0 amide bonds. The van der Waals surface area contributed by atoms with Gasteiger partial charge in [-0.2, -0.15) is 47.9 Å². The van der Waals surface area contributed by atoms with Crippen LogP contribution in [-0.2, 0) is 24.4 Å². The Morgan fingerprint density at radius 3 is 1.27 bits per heavy atom. The van der Waals surface area contributed by atoms with Crippen molar-refractivity contribution in [1.29, 1.82) is 0 Å². The summed E-state index contributed by atoms with van der Waals surface area (Å²) in [5.41, 5.74) is -5.53. The van der Waals surface area contributed by atoms with Crippen LogP contribution < -0.4 is 0 Å². The Kier molecular flexibility index (Phi) is 4.87. The molecule has 22 heavy (non-hydrogen) atoms. The van der Waals surface area contributed by atoms with Gasteiger partial charge in [0.25, 0.3) is 0 Å². The topological polar surface area (TPSA) is 97.7 Å². The van der Waals surface area contributed by atoms with Gasteiger partial charge in [0.05, 0.1) is 0 Å². The molecule has 1 fully saturated rings. The molecule has 1 aliphatic heterocycles. The molecule has 6 nitrogen and oxygen atoms in total. The molecule has 1 N–H and O–H groups in total. The summed E-state index contributed by atoms with van der Waals surface area (Å²) in [6.45, 7) is 0. The first kappa shape index (κ1) is 20.4. The number of cyclic esters (lactones) is 2. The van der Waals surface area contributed by atoms with E-state index in [0.29, 0.717) is 0 Å². The van der Waals surface area contributed by atoms with Gasteiger partial charge in [0.1, 0.15) is 0 Å². The van der Waals surface area contributed by atoms with Crippen molar-refractivity contribution in [3.8, 4) is 0 Å². The summed E-state index contributed by atoms with van der Waals surface area (Å²) in [6, 6.07) is 0. The van der Waals surface area contributed by atoms with E-state index in [4.69, 9.17) is 13.0 Å². The molecular formula is C6HF9O6S. The SMILES string of the molecule is O=C1OC(=O)C(F)(F)C(F)(F)C1(F)F.O=S(=O)(O)C(F)(F)F. The molecule has 0 unspecified atom stereocenters. The van der Waals surface area contributed by atoms with Gasteiger partial charge in [0, 0.05) is 0 Å². The van der Waals surface area contributed by atoms with E-state index in [9.17, 15) is 49.1 Å². The summed E-state index contributed by atoms with van der Waals surface area (Å²) < 4.78 is 134. The van der Waals surface area contributed by atoms with Crippen LogP contribution in [0.15, 0.2) is 0 Å². The average molecular weight is 372 g/mol. The Morgan fingerprint density at radius 1 is 0.864 bits per heavy atom. The smallest absolute Gasteiger partial charge is 0.384 e. The van der Waals surface area contributed by atoms with Crippen LogP contribution in [0.3, 0.4) is 0 Å². The fraction of sp³-hybridized carbons (Fsp3) is 0.667. The van der Waals surface area contributed by atoms with Crippen LogP contribution in [0.5, 0.6) is 0 Å². The molecule has 1 saturated heterocycles. The Morgan fingerprint density at radius 2 is 1.09 bits per heavy atom. The highest BCUT2D eigenvalue weighted by Crippen LogP contribution is 2.49. The Balaban J connectivity index is 0.000000472. The summed E-state index contributed by atoms with van der Waals surface area (Å²) in [7, 11) is -5.84. The molecule has 1 aliphatic rings. The number of hydrogen-bond donors (Lipinski definition) is 1. The molecule has 130 valence electrons. The van der Waals surface area contributed by atoms with Gasteiger partial charge in [-0.25, -0.2) is 9.59 Å². The zero-order valence-electron chi connectivity index (χ0n) is 9.30. The molecule has 0 spiro atoms. The third kappa shape index (κ3) is 3.26. The first-order valence-corrected chi connectivity index (χ1v) is 5.68. The highest BCUT2D eigenvalue weighted by Gasteiger charge is 2.83. The van der Waals surface area contributed by atoms with E-state index >= 15 is 0 Å². The van der Waals surface area contributed by atoms with E-state index in [1.807, 2.05) is 0 Å². The number of carbonyl (C=O) groups excluding carboxylic acids is 2. The lowest BCUT2D eigenvalue weighted by atomic mass is 10.0. The van der Waals surface area contributed by atoms with Gasteiger partial charge >= 0.3 is 45.3 Å². The fourth-order valence-corrected chi connectivity index (χ4v) is 0.666. The molecule has 0 bridgehead atoms. The third-order valence-corrected chi connectivity index (χ3v) is 2.36. The fourth-order valence-electron chi connectivity index (χ4n) is 0.666. The second-order valence-corrected chi connectivity index (χ2v) is 4.73. The van der Waals surface area contributed by atoms with Crippen molar-refractivity contribution in [2.45, 2.75) is 23.3 Å². The van der Waals surface area contributed by atoms with Gasteiger partial charge in [-0.1, -0.05) is 0 Å². The zero-order chi connectivity index (χ0) is 18.4. The Labute approximate surface area is 113 Å². The molecule has 0 aromatic rings. The minimum Gasteiger partial charge on any atom is -0.384 e. The number of halogens is 9. The number of alkyl halides is 9. The predicted octanol–water partition coefficient (Wildman–Crippen LogP) is 1.37. The Bertz CT molecular complexity index is 548. The molecule has 0 aromatic heterocycles. The van der Waals surface area contributed by atoms with Gasteiger partial charge in [-0.05, 0) is 0 Å². The van der Waals surface area contributed by atoms with Crippen LogP contribution in [0.4, 0.5) is 39.5 Å². The van der Waals surface area contributed by atoms with Gasteiger partial charge in [0.2, 0.25) is 0 Å². The number of ether oxygens (including phenoxy) is 1. The van der Waals surface area contributed by atoms with Crippen molar-refractivity contribution < 1.29 is 66.8 Å². The van der Waals surface area contributed by atoms with Crippen molar-refractivity contribution in [2.75, 3.05) is 0 Å². The van der Waals surface area contributed by atoms with Crippen LogP contribution in [0.2, 0.25) is 0 Å². The van der Waals surface area contributed by atoms with E-state index in [1.165, 1.54) is 0 Å². The molecule has 1 heterocycles. The maximum Gasteiger partial charge on any atom is 0.522 e. The van der Waals surface area contributed by atoms with Crippen molar-refractivity contribution in [3.05, 3.63) is 0 Å². The summed E-state index contributed by atoms with van der Waals surface area (Å²) in [6.07, 6.45) is 0. The quantitative estimate of drug-likeness (QED) is 0.227. The highest BCUT2D eigenvalue weighted by atomic mass is 32.2. The van der Waals surface area contributed by atoms with Gasteiger partial charge < -0.3 is 4.74 Å². The van der Waals surface area contributed by atoms with Crippen molar-refractivity contribution >= 4 is 22.1 Å². The van der Waals surface area contributed by atoms with Crippen molar-refractivity contribution in [3.63, 3.8) is 0 Å². The lowest BCUT2D eigenvalue weighted by molar-refractivity contribution is -0.316. The number of hydrogen-bond acceptors (Lipinski definition) is 5. The molecule has 16 heteroatoms. The van der Waals surface area contributed by atoms with Crippen LogP contribution in [0.1, 0.15) is 0 Å². The summed E-state index contributed by atoms with van der Waals surface area (Å²) in [5.74, 6) is -23.5. The van der Waals surface area contributed by atoms with Gasteiger partial charge in [-0.3, -0.25) is 4.55 Å². The van der Waals surface area contributed by atoms with E-state index in [1.54, 1.807) is 0 Å². The molecule has 0 aliphatic carbocycles. The lowest BCUT2D eigenvalue weighted by Crippen LogP contribution is -2.66. The minimum absolute atomic E-state index is 2.79. The van der Waals surface area contributed by atoms with Crippen molar-refractivity contribution in [1.82, 2.24) is 0 Å².